The Bertz CT molecular complexity index is 503. The third-order valence-corrected chi connectivity index (χ3v) is 4.87. The van der Waals surface area contributed by atoms with Gasteiger partial charge in [-0.25, -0.2) is 4.79 Å². The lowest BCUT2D eigenvalue weighted by molar-refractivity contribution is 0.186. The average molecular weight is 301 g/mol. The molecular weight excluding hydrogens is 274 g/mol. The zero-order valence-electron chi connectivity index (χ0n) is 13.6. The fourth-order valence-electron chi connectivity index (χ4n) is 3.51. The summed E-state index contributed by atoms with van der Waals surface area (Å²) < 4.78 is 0. The average Bonchev–Trinajstić information content (AvgIpc) is 2.56. The number of urea groups is 1. The van der Waals surface area contributed by atoms with Gasteiger partial charge in [0.25, 0.3) is 0 Å². The number of carbonyl (C=O) groups excluding carboxylic acids is 1. The number of hydrogen-bond donors (Lipinski definition) is 1. The van der Waals surface area contributed by atoms with Crippen molar-refractivity contribution in [2.24, 2.45) is 0 Å². The molecule has 120 valence electrons. The highest BCUT2D eigenvalue weighted by atomic mass is 16.2. The van der Waals surface area contributed by atoms with Crippen molar-refractivity contribution < 1.29 is 4.79 Å². The van der Waals surface area contributed by atoms with Crippen molar-refractivity contribution in [3.8, 4) is 0 Å². The van der Waals surface area contributed by atoms with E-state index in [0.717, 1.165) is 39.0 Å². The van der Waals surface area contributed by atoms with Gasteiger partial charge in [-0.3, -0.25) is 0 Å². The topological polar surface area (TPSA) is 35.6 Å². The molecule has 1 aromatic rings. The normalized spacial score (nSPS) is 20.0. The lowest BCUT2D eigenvalue weighted by Gasteiger charge is -2.37. The molecule has 0 unspecified atom stereocenters. The first-order valence-electron chi connectivity index (χ1n) is 8.59. The van der Waals surface area contributed by atoms with Gasteiger partial charge in [-0.2, -0.15) is 0 Å². The van der Waals surface area contributed by atoms with E-state index >= 15 is 0 Å². The highest BCUT2D eigenvalue weighted by Crippen LogP contribution is 2.19. The zero-order valence-corrected chi connectivity index (χ0v) is 13.6. The second-order valence-electron chi connectivity index (χ2n) is 6.60. The van der Waals surface area contributed by atoms with Crippen molar-refractivity contribution in [2.75, 3.05) is 31.1 Å². The van der Waals surface area contributed by atoms with E-state index < -0.39 is 0 Å². The van der Waals surface area contributed by atoms with Crippen molar-refractivity contribution >= 4 is 11.7 Å². The van der Waals surface area contributed by atoms with Crippen LogP contribution in [0.1, 0.15) is 37.7 Å². The van der Waals surface area contributed by atoms with Crippen LogP contribution in [-0.2, 0) is 0 Å². The Kier molecular flexibility index (Phi) is 4.86. The van der Waals surface area contributed by atoms with Gasteiger partial charge in [0, 0.05) is 37.9 Å². The predicted octanol–water partition coefficient (Wildman–Crippen LogP) is 3.16. The molecule has 4 heteroatoms. The van der Waals surface area contributed by atoms with Gasteiger partial charge in [0.15, 0.2) is 0 Å². The number of benzene rings is 1. The Morgan fingerprint density at radius 1 is 1.09 bits per heavy atom. The molecule has 2 fully saturated rings. The van der Waals surface area contributed by atoms with Crippen molar-refractivity contribution in [1.29, 1.82) is 0 Å². The standard InChI is InChI=1S/C18H27N3O/c1-15-6-5-9-17(14-15)20-10-12-21(13-11-20)18(22)19-16-7-3-2-4-8-16/h5-6,9,14,16H,2-4,7-8,10-13H2,1H3,(H,19,22). The second kappa shape index (κ2) is 7.03. The van der Waals surface area contributed by atoms with Crippen LogP contribution < -0.4 is 10.2 Å². The molecule has 1 aliphatic carbocycles. The molecule has 22 heavy (non-hydrogen) atoms. The number of nitrogens with zero attached hydrogens (tertiary/aromatic N) is 2. The molecule has 1 N–H and O–H groups in total. The van der Waals surface area contributed by atoms with Gasteiger partial charge in [0.1, 0.15) is 0 Å². The van der Waals surface area contributed by atoms with E-state index in [1.165, 1.54) is 30.5 Å². The molecule has 0 bridgehead atoms. The number of anilines is 1. The van der Waals surface area contributed by atoms with E-state index in [-0.39, 0.29) is 6.03 Å². The van der Waals surface area contributed by atoms with Gasteiger partial charge in [-0.05, 0) is 37.5 Å². The molecule has 1 heterocycles. The Hall–Kier alpha value is -1.71. The summed E-state index contributed by atoms with van der Waals surface area (Å²) in [5, 5.41) is 3.22. The highest BCUT2D eigenvalue weighted by molar-refractivity contribution is 5.75. The van der Waals surface area contributed by atoms with E-state index in [0.29, 0.717) is 6.04 Å². The number of carbonyl (C=O) groups is 1. The summed E-state index contributed by atoms with van der Waals surface area (Å²) in [5.74, 6) is 0. The first-order valence-corrected chi connectivity index (χ1v) is 8.59. The summed E-state index contributed by atoms with van der Waals surface area (Å²) in [7, 11) is 0. The van der Waals surface area contributed by atoms with Gasteiger partial charge < -0.3 is 15.1 Å². The fourth-order valence-corrected chi connectivity index (χ4v) is 3.51. The fraction of sp³-hybridized carbons (Fsp3) is 0.611. The Morgan fingerprint density at radius 2 is 1.82 bits per heavy atom. The number of rotatable bonds is 2. The summed E-state index contributed by atoms with van der Waals surface area (Å²) in [4.78, 5) is 16.7. The van der Waals surface area contributed by atoms with E-state index in [1.807, 2.05) is 4.90 Å². The highest BCUT2D eigenvalue weighted by Gasteiger charge is 2.23. The van der Waals surface area contributed by atoms with Crippen LogP contribution in [0, 0.1) is 6.92 Å². The lowest BCUT2D eigenvalue weighted by atomic mass is 9.96. The molecular formula is C18H27N3O. The van der Waals surface area contributed by atoms with E-state index in [4.69, 9.17) is 0 Å². The number of aryl methyl sites for hydroxylation is 1. The largest absolute Gasteiger partial charge is 0.368 e. The minimum atomic E-state index is 0.135. The maximum atomic E-state index is 12.4. The molecule has 2 amide bonds. The zero-order chi connectivity index (χ0) is 15.4. The minimum absolute atomic E-state index is 0.135. The summed E-state index contributed by atoms with van der Waals surface area (Å²) in [5.41, 5.74) is 2.56. The van der Waals surface area contributed by atoms with Crippen molar-refractivity contribution in [3.05, 3.63) is 29.8 Å². The molecule has 1 aromatic carbocycles. The summed E-state index contributed by atoms with van der Waals surface area (Å²) in [6.07, 6.45) is 6.13. The van der Waals surface area contributed by atoms with Crippen molar-refractivity contribution in [2.45, 2.75) is 45.1 Å². The van der Waals surface area contributed by atoms with Crippen LogP contribution >= 0.6 is 0 Å². The molecule has 1 aliphatic heterocycles. The maximum Gasteiger partial charge on any atom is 0.317 e. The smallest absolute Gasteiger partial charge is 0.317 e. The van der Waals surface area contributed by atoms with Crippen LogP contribution in [0.4, 0.5) is 10.5 Å². The van der Waals surface area contributed by atoms with E-state index in [2.05, 4.69) is 41.4 Å². The summed E-state index contributed by atoms with van der Waals surface area (Å²) >= 11 is 0. The van der Waals surface area contributed by atoms with Gasteiger partial charge in [-0.15, -0.1) is 0 Å². The third kappa shape index (κ3) is 3.73. The van der Waals surface area contributed by atoms with Crippen LogP contribution in [0.15, 0.2) is 24.3 Å². The lowest BCUT2D eigenvalue weighted by Crippen LogP contribution is -2.53. The Morgan fingerprint density at radius 3 is 2.50 bits per heavy atom. The summed E-state index contributed by atoms with van der Waals surface area (Å²) in [6.45, 7) is 5.58. The first kappa shape index (κ1) is 15.2. The van der Waals surface area contributed by atoms with Crippen LogP contribution in [0.5, 0.6) is 0 Å². The molecule has 3 rings (SSSR count). The molecule has 4 nitrogen and oxygen atoms in total. The quantitative estimate of drug-likeness (QED) is 0.911. The van der Waals surface area contributed by atoms with Crippen LogP contribution in [-0.4, -0.2) is 43.2 Å². The molecule has 0 spiro atoms. The number of hydrogen-bond acceptors (Lipinski definition) is 2. The first-order chi connectivity index (χ1) is 10.7. The number of amides is 2. The molecule has 2 aliphatic rings. The maximum absolute atomic E-state index is 12.4. The Labute approximate surface area is 133 Å². The molecule has 1 saturated heterocycles. The van der Waals surface area contributed by atoms with Gasteiger partial charge >= 0.3 is 6.03 Å². The van der Waals surface area contributed by atoms with Crippen LogP contribution in [0.2, 0.25) is 0 Å². The molecule has 1 saturated carbocycles. The van der Waals surface area contributed by atoms with E-state index in [9.17, 15) is 4.79 Å². The van der Waals surface area contributed by atoms with E-state index in [1.54, 1.807) is 0 Å². The predicted molar refractivity (Wildman–Crippen MR) is 90.4 cm³/mol. The van der Waals surface area contributed by atoms with Gasteiger partial charge in [0.05, 0.1) is 0 Å². The monoisotopic (exact) mass is 301 g/mol. The molecule has 0 radical (unpaired) electrons. The van der Waals surface area contributed by atoms with Crippen molar-refractivity contribution in [3.63, 3.8) is 0 Å². The third-order valence-electron chi connectivity index (χ3n) is 4.87. The van der Waals surface area contributed by atoms with Gasteiger partial charge in [0.2, 0.25) is 0 Å². The van der Waals surface area contributed by atoms with Crippen molar-refractivity contribution in [1.82, 2.24) is 10.2 Å². The van der Waals surface area contributed by atoms with Crippen LogP contribution in [0.25, 0.3) is 0 Å². The van der Waals surface area contributed by atoms with Gasteiger partial charge in [-0.1, -0.05) is 31.4 Å². The SMILES string of the molecule is Cc1cccc(N2CCN(C(=O)NC3CCCCC3)CC2)c1. The van der Waals surface area contributed by atoms with Crippen LogP contribution in [0.3, 0.4) is 0 Å². The minimum Gasteiger partial charge on any atom is -0.368 e. The second-order valence-corrected chi connectivity index (χ2v) is 6.60. The molecule has 0 atom stereocenters. The number of piperazine rings is 1. The Balaban J connectivity index is 1.49. The number of nitrogens with one attached hydrogen (secondary N) is 1. The molecule has 0 aromatic heterocycles. The summed E-state index contributed by atoms with van der Waals surface area (Å²) in [6, 6.07) is 9.14.